The molecule has 0 aliphatic heterocycles. The van der Waals surface area contributed by atoms with Gasteiger partial charge in [-0.3, -0.25) is 4.79 Å². The second kappa shape index (κ2) is 4.50. The number of para-hydroxylation sites is 1. The minimum Gasteiger partial charge on any atom is -0.463 e. The highest BCUT2D eigenvalue weighted by atomic mass is 32.2. The molecule has 0 saturated carbocycles. The molecule has 0 aliphatic carbocycles. The Hall–Kier alpha value is -2.06. The molecule has 0 atom stereocenters. The van der Waals surface area contributed by atoms with E-state index in [0.29, 0.717) is 11.0 Å². The van der Waals surface area contributed by atoms with E-state index < -0.39 is 9.84 Å². The monoisotopic (exact) mass is 308 g/mol. The number of hydrogen-bond donors (Lipinski definition) is 0. The van der Waals surface area contributed by atoms with Gasteiger partial charge >= 0.3 is 0 Å². The van der Waals surface area contributed by atoms with Crippen LogP contribution in [0.3, 0.4) is 0 Å². The van der Waals surface area contributed by atoms with Crippen molar-refractivity contribution in [3.63, 3.8) is 0 Å². The van der Waals surface area contributed by atoms with Crippen molar-refractivity contribution < 1.29 is 12.8 Å². The summed E-state index contributed by atoms with van der Waals surface area (Å²) in [6.07, 6.45) is 2.32. The van der Waals surface area contributed by atoms with Crippen LogP contribution in [-0.4, -0.2) is 24.9 Å². The number of fused-ring (bicyclic) bond motifs is 1. The Morgan fingerprint density at radius 3 is 2.65 bits per heavy atom. The minimum atomic E-state index is -3.43. The summed E-state index contributed by atoms with van der Waals surface area (Å²) >= 11 is 0.845. The van der Waals surface area contributed by atoms with Crippen molar-refractivity contribution in [3.05, 3.63) is 40.8 Å². The van der Waals surface area contributed by atoms with E-state index in [1.54, 1.807) is 24.3 Å². The average Bonchev–Trinajstić information content (AvgIpc) is 2.89. The van der Waals surface area contributed by atoms with Crippen LogP contribution in [0, 0.1) is 0 Å². The molecule has 8 heteroatoms. The van der Waals surface area contributed by atoms with Gasteiger partial charge in [0, 0.05) is 6.26 Å². The molecular formula is C12H8N2O4S2. The molecule has 0 spiro atoms. The third kappa shape index (κ3) is 2.12. The zero-order valence-electron chi connectivity index (χ0n) is 10.2. The van der Waals surface area contributed by atoms with E-state index in [2.05, 4.69) is 10.2 Å². The average molecular weight is 308 g/mol. The van der Waals surface area contributed by atoms with Gasteiger partial charge in [0.25, 0.3) is 0 Å². The summed E-state index contributed by atoms with van der Waals surface area (Å²) in [4.78, 5) is 12.3. The van der Waals surface area contributed by atoms with Crippen LogP contribution < -0.4 is 5.43 Å². The second-order valence-electron chi connectivity index (χ2n) is 4.12. The first-order valence-electron chi connectivity index (χ1n) is 5.51. The standard InChI is InChI=1S/C12H8N2O4S2/c1-20(16,17)12-14-13-11(19-12)8-6-18-9-5-3-2-4-7(9)10(8)15/h2-6H,1H3. The van der Waals surface area contributed by atoms with E-state index in [0.717, 1.165) is 17.6 Å². The maximum absolute atomic E-state index is 12.3. The van der Waals surface area contributed by atoms with Crippen LogP contribution in [-0.2, 0) is 9.84 Å². The fourth-order valence-corrected chi connectivity index (χ4v) is 3.30. The smallest absolute Gasteiger partial charge is 0.232 e. The Bertz CT molecular complexity index is 957. The number of nitrogens with zero attached hydrogens (tertiary/aromatic N) is 2. The van der Waals surface area contributed by atoms with Crippen LogP contribution in [0.1, 0.15) is 0 Å². The Labute approximate surface area is 117 Å². The maximum atomic E-state index is 12.3. The molecule has 0 unspecified atom stereocenters. The Balaban J connectivity index is 2.23. The van der Waals surface area contributed by atoms with Gasteiger partial charge in [-0.25, -0.2) is 8.42 Å². The van der Waals surface area contributed by atoms with E-state index in [-0.39, 0.29) is 20.3 Å². The van der Waals surface area contributed by atoms with E-state index in [4.69, 9.17) is 4.42 Å². The molecule has 2 heterocycles. The van der Waals surface area contributed by atoms with Crippen molar-refractivity contribution in [2.24, 2.45) is 0 Å². The van der Waals surface area contributed by atoms with Gasteiger partial charge in [-0.2, -0.15) is 0 Å². The molecule has 3 aromatic rings. The van der Waals surface area contributed by atoms with Crippen LogP contribution in [0.5, 0.6) is 0 Å². The summed E-state index contributed by atoms with van der Waals surface area (Å²) in [7, 11) is -3.43. The molecule has 2 aromatic heterocycles. The maximum Gasteiger partial charge on any atom is 0.232 e. The van der Waals surface area contributed by atoms with Crippen LogP contribution in [0.2, 0.25) is 0 Å². The lowest BCUT2D eigenvalue weighted by atomic mass is 10.2. The molecular weight excluding hydrogens is 300 g/mol. The first-order chi connectivity index (χ1) is 9.47. The Morgan fingerprint density at radius 1 is 1.20 bits per heavy atom. The van der Waals surface area contributed by atoms with Gasteiger partial charge in [0.05, 0.1) is 10.9 Å². The normalized spacial score (nSPS) is 11.8. The van der Waals surface area contributed by atoms with Crippen molar-refractivity contribution in [2.75, 3.05) is 6.26 Å². The SMILES string of the molecule is CS(=O)(=O)c1nnc(-c2coc3ccccc3c2=O)s1. The van der Waals surface area contributed by atoms with Gasteiger partial charge in [-0.05, 0) is 12.1 Å². The van der Waals surface area contributed by atoms with Crippen LogP contribution >= 0.6 is 11.3 Å². The van der Waals surface area contributed by atoms with Crippen molar-refractivity contribution in [1.82, 2.24) is 10.2 Å². The highest BCUT2D eigenvalue weighted by Crippen LogP contribution is 2.25. The Morgan fingerprint density at radius 2 is 1.95 bits per heavy atom. The molecule has 0 saturated heterocycles. The predicted octanol–water partition coefficient (Wildman–Crippen LogP) is 1.71. The lowest BCUT2D eigenvalue weighted by molar-refractivity contribution is 0.600. The highest BCUT2D eigenvalue weighted by molar-refractivity contribution is 7.92. The predicted molar refractivity (Wildman–Crippen MR) is 74.5 cm³/mol. The minimum absolute atomic E-state index is 0.125. The molecule has 0 bridgehead atoms. The highest BCUT2D eigenvalue weighted by Gasteiger charge is 2.18. The van der Waals surface area contributed by atoms with Crippen molar-refractivity contribution >= 4 is 32.1 Å². The third-order valence-corrected chi connectivity index (χ3v) is 5.26. The summed E-state index contributed by atoms with van der Waals surface area (Å²) in [6.45, 7) is 0. The zero-order chi connectivity index (χ0) is 14.3. The van der Waals surface area contributed by atoms with E-state index >= 15 is 0 Å². The number of rotatable bonds is 2. The number of sulfone groups is 1. The molecule has 0 amide bonds. The summed E-state index contributed by atoms with van der Waals surface area (Å²) < 4.78 is 28.0. The molecule has 0 N–H and O–H groups in total. The van der Waals surface area contributed by atoms with Crippen LogP contribution in [0.4, 0.5) is 0 Å². The molecule has 0 aliphatic rings. The Kier molecular flexibility index (Phi) is 2.91. The summed E-state index contributed by atoms with van der Waals surface area (Å²) in [5.74, 6) is 0. The lowest BCUT2D eigenvalue weighted by Gasteiger charge is -1.98. The summed E-state index contributed by atoms with van der Waals surface area (Å²) in [5.41, 5.74) is 0.410. The topological polar surface area (TPSA) is 90.1 Å². The number of aromatic nitrogens is 2. The van der Waals surface area contributed by atoms with E-state index in [9.17, 15) is 13.2 Å². The molecule has 1 aromatic carbocycles. The van der Waals surface area contributed by atoms with Crippen molar-refractivity contribution in [2.45, 2.75) is 4.34 Å². The number of benzene rings is 1. The first-order valence-corrected chi connectivity index (χ1v) is 8.22. The van der Waals surface area contributed by atoms with Crippen molar-refractivity contribution in [3.8, 4) is 10.6 Å². The molecule has 0 fully saturated rings. The molecule has 102 valence electrons. The van der Waals surface area contributed by atoms with Gasteiger partial charge in [0.2, 0.25) is 19.6 Å². The lowest BCUT2D eigenvalue weighted by Crippen LogP contribution is -2.04. The molecule has 6 nitrogen and oxygen atoms in total. The second-order valence-corrected chi connectivity index (χ2v) is 7.29. The third-order valence-electron chi connectivity index (χ3n) is 2.63. The van der Waals surface area contributed by atoms with Gasteiger partial charge in [-0.1, -0.05) is 23.5 Å². The quantitative estimate of drug-likeness (QED) is 0.716. The molecule has 3 rings (SSSR count). The van der Waals surface area contributed by atoms with Gasteiger partial charge in [-0.15, -0.1) is 10.2 Å². The summed E-state index contributed by atoms with van der Waals surface area (Å²) in [6, 6.07) is 6.81. The fraction of sp³-hybridized carbons (Fsp3) is 0.0833. The van der Waals surface area contributed by atoms with E-state index in [1.165, 1.54) is 6.26 Å². The van der Waals surface area contributed by atoms with Crippen molar-refractivity contribution in [1.29, 1.82) is 0 Å². The van der Waals surface area contributed by atoms with Gasteiger partial charge in [0.1, 0.15) is 11.8 Å². The zero-order valence-corrected chi connectivity index (χ0v) is 11.9. The largest absolute Gasteiger partial charge is 0.463 e. The fourth-order valence-electron chi connectivity index (χ4n) is 1.69. The first kappa shape index (κ1) is 12.9. The molecule has 0 radical (unpaired) electrons. The van der Waals surface area contributed by atoms with E-state index in [1.807, 2.05) is 0 Å². The van der Waals surface area contributed by atoms with Crippen LogP contribution in [0.25, 0.3) is 21.5 Å². The van der Waals surface area contributed by atoms with Gasteiger partial charge in [0.15, 0.2) is 5.01 Å². The molecule has 20 heavy (non-hydrogen) atoms. The van der Waals surface area contributed by atoms with Gasteiger partial charge < -0.3 is 4.42 Å². The van der Waals surface area contributed by atoms with Crippen LogP contribution in [0.15, 0.2) is 44.1 Å². The summed E-state index contributed by atoms with van der Waals surface area (Å²) in [5, 5.41) is 7.98. The number of hydrogen-bond acceptors (Lipinski definition) is 7.